The van der Waals surface area contributed by atoms with Crippen molar-refractivity contribution in [1.29, 1.82) is 0 Å². The molecule has 1 unspecified atom stereocenters. The number of rotatable bonds is 7. The van der Waals surface area contributed by atoms with Crippen LogP contribution in [0.15, 0.2) is 0 Å². The minimum absolute atomic E-state index is 0.215. The molecule has 0 amide bonds. The van der Waals surface area contributed by atoms with E-state index in [-0.39, 0.29) is 5.54 Å². The second-order valence-corrected chi connectivity index (χ2v) is 6.98. The molecule has 2 rings (SSSR count). The van der Waals surface area contributed by atoms with Crippen molar-refractivity contribution < 1.29 is 0 Å². The Kier molecular flexibility index (Phi) is 5.67. The van der Waals surface area contributed by atoms with Gasteiger partial charge in [0.1, 0.15) is 0 Å². The van der Waals surface area contributed by atoms with Crippen molar-refractivity contribution in [3.63, 3.8) is 0 Å². The molecule has 19 heavy (non-hydrogen) atoms. The largest absolute Gasteiger partial charge is 0.329 e. The predicted molar refractivity (Wildman–Crippen MR) is 82.3 cm³/mol. The zero-order valence-corrected chi connectivity index (χ0v) is 13.0. The van der Waals surface area contributed by atoms with Gasteiger partial charge in [-0.25, -0.2) is 0 Å². The Morgan fingerprint density at radius 2 is 2.05 bits per heavy atom. The summed E-state index contributed by atoms with van der Waals surface area (Å²) in [4.78, 5) is 2.60. The highest BCUT2D eigenvalue weighted by Crippen LogP contribution is 2.33. The SMILES string of the molecule is CC(C)N1CCCC(CN)(NCCCC2CC2)CC1. The van der Waals surface area contributed by atoms with Crippen molar-refractivity contribution in [2.24, 2.45) is 11.7 Å². The molecule has 3 nitrogen and oxygen atoms in total. The van der Waals surface area contributed by atoms with Gasteiger partial charge in [-0.15, -0.1) is 0 Å². The standard InChI is InChI=1S/C16H33N3/c1-14(2)19-11-4-8-16(13-17,9-12-19)18-10-3-5-15-6-7-15/h14-15,18H,3-13,17H2,1-2H3. The number of likely N-dealkylation sites (tertiary alicyclic amines) is 1. The molecule has 1 aliphatic carbocycles. The van der Waals surface area contributed by atoms with Crippen LogP contribution in [0, 0.1) is 5.92 Å². The molecule has 1 heterocycles. The van der Waals surface area contributed by atoms with Crippen LogP contribution in [-0.2, 0) is 0 Å². The first kappa shape index (κ1) is 15.3. The Labute approximate surface area is 119 Å². The van der Waals surface area contributed by atoms with Gasteiger partial charge in [-0.2, -0.15) is 0 Å². The molecule has 3 N–H and O–H groups in total. The van der Waals surface area contributed by atoms with Crippen LogP contribution in [0.2, 0.25) is 0 Å². The summed E-state index contributed by atoms with van der Waals surface area (Å²) in [5, 5.41) is 3.82. The van der Waals surface area contributed by atoms with Crippen molar-refractivity contribution in [3.05, 3.63) is 0 Å². The van der Waals surface area contributed by atoms with E-state index < -0.39 is 0 Å². The van der Waals surface area contributed by atoms with Gasteiger partial charge in [0, 0.05) is 24.7 Å². The lowest BCUT2D eigenvalue weighted by atomic mass is 9.90. The van der Waals surface area contributed by atoms with Crippen molar-refractivity contribution in [2.45, 2.75) is 70.4 Å². The summed E-state index contributed by atoms with van der Waals surface area (Å²) in [6.45, 7) is 9.00. The topological polar surface area (TPSA) is 41.3 Å². The molecular formula is C16H33N3. The molecule has 1 saturated carbocycles. The molecule has 0 aromatic carbocycles. The lowest BCUT2D eigenvalue weighted by Gasteiger charge is -2.33. The smallest absolute Gasteiger partial charge is 0.0316 e. The van der Waals surface area contributed by atoms with Crippen LogP contribution in [0.25, 0.3) is 0 Å². The Hall–Kier alpha value is -0.120. The summed E-state index contributed by atoms with van der Waals surface area (Å²) in [7, 11) is 0. The van der Waals surface area contributed by atoms with Gasteiger partial charge in [-0.3, -0.25) is 0 Å². The highest BCUT2D eigenvalue weighted by Gasteiger charge is 2.31. The quantitative estimate of drug-likeness (QED) is 0.696. The van der Waals surface area contributed by atoms with Gasteiger partial charge in [0.05, 0.1) is 0 Å². The van der Waals surface area contributed by atoms with Crippen molar-refractivity contribution in [3.8, 4) is 0 Å². The summed E-state index contributed by atoms with van der Waals surface area (Å²) in [6, 6.07) is 0.670. The fraction of sp³-hybridized carbons (Fsp3) is 1.00. The van der Waals surface area contributed by atoms with E-state index in [2.05, 4.69) is 24.1 Å². The normalized spacial score (nSPS) is 29.7. The lowest BCUT2D eigenvalue weighted by molar-refractivity contribution is 0.218. The van der Waals surface area contributed by atoms with Gasteiger partial charge in [0.15, 0.2) is 0 Å². The van der Waals surface area contributed by atoms with Crippen molar-refractivity contribution in [2.75, 3.05) is 26.2 Å². The lowest BCUT2D eigenvalue weighted by Crippen LogP contribution is -2.52. The molecule has 2 fully saturated rings. The van der Waals surface area contributed by atoms with E-state index in [1.165, 1.54) is 58.0 Å². The molecule has 0 spiro atoms. The van der Waals surface area contributed by atoms with Crippen molar-refractivity contribution in [1.82, 2.24) is 10.2 Å². The molecule has 0 bridgehead atoms. The monoisotopic (exact) mass is 267 g/mol. The van der Waals surface area contributed by atoms with Gasteiger partial charge >= 0.3 is 0 Å². The van der Waals surface area contributed by atoms with Crippen LogP contribution in [0.5, 0.6) is 0 Å². The maximum absolute atomic E-state index is 6.10. The molecule has 1 atom stereocenters. The zero-order valence-electron chi connectivity index (χ0n) is 13.0. The molecule has 0 radical (unpaired) electrons. The summed E-state index contributed by atoms with van der Waals surface area (Å²) in [6.07, 6.45) is 9.45. The third-order valence-corrected chi connectivity index (χ3v) is 5.09. The second-order valence-electron chi connectivity index (χ2n) is 6.98. The summed E-state index contributed by atoms with van der Waals surface area (Å²) < 4.78 is 0. The van der Waals surface area contributed by atoms with E-state index >= 15 is 0 Å². The molecule has 112 valence electrons. The number of nitrogens with zero attached hydrogens (tertiary/aromatic N) is 1. The van der Waals surface area contributed by atoms with Gasteiger partial charge in [0.25, 0.3) is 0 Å². The van der Waals surface area contributed by atoms with Crippen LogP contribution < -0.4 is 11.1 Å². The van der Waals surface area contributed by atoms with E-state index in [0.717, 1.165) is 19.0 Å². The summed E-state index contributed by atoms with van der Waals surface area (Å²) in [5.41, 5.74) is 6.32. The number of hydrogen-bond donors (Lipinski definition) is 2. The molecule has 1 aliphatic heterocycles. The Morgan fingerprint density at radius 3 is 2.68 bits per heavy atom. The van der Waals surface area contributed by atoms with Crippen LogP contribution in [0.1, 0.15) is 58.8 Å². The number of hydrogen-bond acceptors (Lipinski definition) is 3. The Bertz CT molecular complexity index is 263. The average Bonchev–Trinajstić information content (AvgIpc) is 3.22. The summed E-state index contributed by atoms with van der Waals surface area (Å²) >= 11 is 0. The first-order chi connectivity index (χ1) is 9.15. The second kappa shape index (κ2) is 7.05. The molecule has 1 saturated heterocycles. The third kappa shape index (κ3) is 4.73. The molecular weight excluding hydrogens is 234 g/mol. The molecule has 2 aliphatic rings. The van der Waals surface area contributed by atoms with Gasteiger partial charge in [0.2, 0.25) is 0 Å². The van der Waals surface area contributed by atoms with E-state index in [4.69, 9.17) is 5.73 Å². The Balaban J connectivity index is 1.75. The number of nitrogens with two attached hydrogens (primary N) is 1. The highest BCUT2D eigenvalue weighted by atomic mass is 15.2. The maximum Gasteiger partial charge on any atom is 0.0316 e. The first-order valence-corrected chi connectivity index (χ1v) is 8.34. The average molecular weight is 267 g/mol. The summed E-state index contributed by atoms with van der Waals surface area (Å²) in [5.74, 6) is 1.06. The van der Waals surface area contributed by atoms with Crippen LogP contribution >= 0.6 is 0 Å². The third-order valence-electron chi connectivity index (χ3n) is 5.09. The van der Waals surface area contributed by atoms with E-state index in [1.54, 1.807) is 0 Å². The predicted octanol–water partition coefficient (Wildman–Crippen LogP) is 2.36. The number of nitrogens with one attached hydrogen (secondary N) is 1. The van der Waals surface area contributed by atoms with Gasteiger partial charge < -0.3 is 16.0 Å². The van der Waals surface area contributed by atoms with Crippen molar-refractivity contribution >= 4 is 0 Å². The highest BCUT2D eigenvalue weighted by molar-refractivity contribution is 4.93. The van der Waals surface area contributed by atoms with E-state index in [0.29, 0.717) is 6.04 Å². The minimum atomic E-state index is 0.215. The van der Waals surface area contributed by atoms with Crippen LogP contribution in [0.3, 0.4) is 0 Å². The van der Waals surface area contributed by atoms with Gasteiger partial charge in [-0.1, -0.05) is 12.8 Å². The van der Waals surface area contributed by atoms with E-state index in [1.807, 2.05) is 0 Å². The fourth-order valence-electron chi connectivity index (χ4n) is 3.34. The molecule has 3 heteroatoms. The fourth-order valence-corrected chi connectivity index (χ4v) is 3.34. The van der Waals surface area contributed by atoms with Crippen LogP contribution in [0.4, 0.5) is 0 Å². The molecule has 0 aromatic heterocycles. The first-order valence-electron chi connectivity index (χ1n) is 8.34. The minimum Gasteiger partial charge on any atom is -0.329 e. The zero-order chi connectivity index (χ0) is 13.7. The molecule has 0 aromatic rings. The van der Waals surface area contributed by atoms with Crippen LogP contribution in [-0.4, -0.2) is 42.7 Å². The van der Waals surface area contributed by atoms with E-state index in [9.17, 15) is 0 Å². The maximum atomic E-state index is 6.10. The van der Waals surface area contributed by atoms with Gasteiger partial charge in [-0.05, 0) is 65.0 Å². The Morgan fingerprint density at radius 1 is 1.26 bits per heavy atom.